The first-order valence-electron chi connectivity index (χ1n) is 9.34. The summed E-state index contributed by atoms with van der Waals surface area (Å²) in [5.74, 6) is 4.39. The number of aromatic nitrogens is 2. The highest BCUT2D eigenvalue weighted by Gasteiger charge is 2.49. The normalized spacial score (nSPS) is 33.8. The second-order valence-corrected chi connectivity index (χ2v) is 8.28. The Bertz CT molecular complexity index is 709. The lowest BCUT2D eigenvalue weighted by Gasteiger charge is -2.35. The largest absolute Gasteiger partial charge is 0.393 e. The molecule has 0 amide bonds. The van der Waals surface area contributed by atoms with Crippen LogP contribution >= 0.6 is 0 Å². The van der Waals surface area contributed by atoms with Crippen LogP contribution in [0.3, 0.4) is 0 Å². The summed E-state index contributed by atoms with van der Waals surface area (Å²) in [6.45, 7) is 4.31. The minimum atomic E-state index is -0.411. The van der Waals surface area contributed by atoms with E-state index >= 15 is 0 Å². The molecule has 1 aromatic heterocycles. The van der Waals surface area contributed by atoms with E-state index in [2.05, 4.69) is 49.4 Å². The molecule has 7 nitrogen and oxygen atoms in total. The number of fused-ring (bicyclic) bond motifs is 3. The fourth-order valence-corrected chi connectivity index (χ4v) is 4.95. The minimum absolute atomic E-state index is 0.122. The Morgan fingerprint density at radius 2 is 1.92 bits per heavy atom. The summed E-state index contributed by atoms with van der Waals surface area (Å²) in [5.41, 5.74) is 7.24. The maximum atomic E-state index is 10.1. The first-order chi connectivity index (χ1) is 11.8. The Balaban J connectivity index is 1.68. The quantitative estimate of drug-likeness (QED) is 0.866. The smallest absolute Gasteiger partial charge is 0.207 e. The van der Waals surface area contributed by atoms with Gasteiger partial charge in [-0.2, -0.15) is 0 Å². The summed E-state index contributed by atoms with van der Waals surface area (Å²) in [6, 6.07) is 0.358. The zero-order valence-corrected chi connectivity index (χ0v) is 15.8. The van der Waals surface area contributed by atoms with Crippen LogP contribution < -0.4 is 15.5 Å². The van der Waals surface area contributed by atoms with Crippen LogP contribution in [0.25, 0.3) is 0 Å². The van der Waals surface area contributed by atoms with Gasteiger partial charge < -0.3 is 20.6 Å². The molecule has 2 heterocycles. The molecule has 2 fully saturated rings. The summed E-state index contributed by atoms with van der Waals surface area (Å²) in [6.07, 6.45) is 2.51. The van der Waals surface area contributed by atoms with Gasteiger partial charge >= 0.3 is 0 Å². The fourth-order valence-electron chi connectivity index (χ4n) is 4.95. The average Bonchev–Trinajstić information content (AvgIpc) is 3.22. The third-order valence-corrected chi connectivity index (χ3v) is 6.52. The molecule has 1 aromatic rings. The zero-order valence-electron chi connectivity index (χ0n) is 15.8. The number of nitrogens with two attached hydrogens (primary N) is 1. The summed E-state index contributed by atoms with van der Waals surface area (Å²) in [5, 5.41) is 10.1. The summed E-state index contributed by atoms with van der Waals surface area (Å²) >= 11 is 0. The Morgan fingerprint density at radius 3 is 2.48 bits per heavy atom. The van der Waals surface area contributed by atoms with Crippen LogP contribution in [-0.4, -0.2) is 46.7 Å². The molecule has 2 aliphatic carbocycles. The van der Waals surface area contributed by atoms with Crippen molar-refractivity contribution >= 4 is 17.6 Å². The number of rotatable bonds is 3. The van der Waals surface area contributed by atoms with E-state index in [1.807, 2.05) is 0 Å². The van der Waals surface area contributed by atoms with Gasteiger partial charge in [0.05, 0.1) is 6.10 Å². The standard InChI is InChI=1S/C18H30N6O/c1-9(2)22(3)18-20-14-15(19)21-16(23(4)17(14)24(18)5)12-7-11-6-10(12)8-13(11)25/h9-13,15,25H,6-8,19H2,1-5H3. The highest BCUT2D eigenvalue weighted by atomic mass is 16.3. The van der Waals surface area contributed by atoms with E-state index in [4.69, 9.17) is 15.7 Å². The number of aliphatic hydroxyl groups excluding tert-OH is 1. The molecule has 1 aliphatic heterocycles. The molecule has 138 valence electrons. The molecule has 0 spiro atoms. The molecule has 2 bridgehead atoms. The van der Waals surface area contributed by atoms with Crippen molar-refractivity contribution in [1.29, 1.82) is 0 Å². The second kappa shape index (κ2) is 5.71. The van der Waals surface area contributed by atoms with E-state index in [0.29, 0.717) is 23.8 Å². The van der Waals surface area contributed by atoms with Gasteiger partial charge in [-0.3, -0.25) is 4.57 Å². The van der Waals surface area contributed by atoms with E-state index in [1.165, 1.54) is 0 Å². The number of aliphatic imine (C=N–C) groups is 1. The molecule has 3 N–H and O–H groups in total. The molecule has 7 heteroatoms. The number of aliphatic hydroxyl groups is 1. The van der Waals surface area contributed by atoms with E-state index in [1.54, 1.807) is 0 Å². The predicted molar refractivity (Wildman–Crippen MR) is 99.8 cm³/mol. The van der Waals surface area contributed by atoms with Crippen molar-refractivity contribution in [3.63, 3.8) is 0 Å². The van der Waals surface area contributed by atoms with Gasteiger partial charge in [0, 0.05) is 33.1 Å². The molecule has 2 saturated carbocycles. The van der Waals surface area contributed by atoms with Crippen molar-refractivity contribution in [3.8, 4) is 0 Å². The van der Waals surface area contributed by atoms with Crippen LogP contribution in [0.2, 0.25) is 0 Å². The lowest BCUT2D eigenvalue weighted by Crippen LogP contribution is -2.42. The number of amidine groups is 1. The highest BCUT2D eigenvalue weighted by Crippen LogP contribution is 2.50. The monoisotopic (exact) mass is 346 g/mol. The van der Waals surface area contributed by atoms with Crippen LogP contribution in [0.1, 0.15) is 45.0 Å². The predicted octanol–water partition coefficient (Wildman–Crippen LogP) is 1.48. The maximum Gasteiger partial charge on any atom is 0.207 e. The Kier molecular flexibility index (Phi) is 3.85. The van der Waals surface area contributed by atoms with Gasteiger partial charge in [-0.15, -0.1) is 0 Å². The van der Waals surface area contributed by atoms with Gasteiger partial charge in [0.15, 0.2) is 0 Å². The molecule has 5 unspecified atom stereocenters. The van der Waals surface area contributed by atoms with Gasteiger partial charge in [0.2, 0.25) is 5.95 Å². The Labute approximate surface area is 149 Å². The van der Waals surface area contributed by atoms with Crippen molar-refractivity contribution < 1.29 is 5.11 Å². The third-order valence-electron chi connectivity index (χ3n) is 6.52. The van der Waals surface area contributed by atoms with Crippen LogP contribution in [0.5, 0.6) is 0 Å². The Morgan fingerprint density at radius 1 is 1.20 bits per heavy atom. The SMILES string of the molecule is CC(C)N(C)c1nc2c(n1C)N(C)C(C1CC3CC1CC3O)=NC2N. The number of hydrogen-bond donors (Lipinski definition) is 2. The van der Waals surface area contributed by atoms with E-state index < -0.39 is 6.17 Å². The molecule has 0 saturated heterocycles. The van der Waals surface area contributed by atoms with Crippen LogP contribution in [0, 0.1) is 17.8 Å². The Hall–Kier alpha value is -1.60. The third kappa shape index (κ3) is 2.39. The van der Waals surface area contributed by atoms with Crippen molar-refractivity contribution in [2.75, 3.05) is 23.9 Å². The van der Waals surface area contributed by atoms with Crippen LogP contribution in [0.15, 0.2) is 4.99 Å². The fraction of sp³-hybridized carbons (Fsp3) is 0.778. The number of imidazole rings is 1. The summed E-state index contributed by atoms with van der Waals surface area (Å²) < 4.78 is 2.13. The second-order valence-electron chi connectivity index (χ2n) is 8.28. The average molecular weight is 346 g/mol. The number of anilines is 2. The van der Waals surface area contributed by atoms with Gasteiger partial charge in [-0.25, -0.2) is 9.98 Å². The summed E-state index contributed by atoms with van der Waals surface area (Å²) in [4.78, 5) is 14.0. The van der Waals surface area contributed by atoms with E-state index in [0.717, 1.165) is 42.6 Å². The first-order valence-corrected chi connectivity index (χ1v) is 9.34. The molecule has 4 rings (SSSR count). The van der Waals surface area contributed by atoms with Crippen LogP contribution in [0.4, 0.5) is 11.8 Å². The zero-order chi connectivity index (χ0) is 18.0. The van der Waals surface area contributed by atoms with Gasteiger partial charge in [0.25, 0.3) is 0 Å². The molecule has 3 aliphatic rings. The molecule has 5 atom stereocenters. The van der Waals surface area contributed by atoms with Crippen molar-refractivity contribution in [2.45, 2.75) is 51.4 Å². The van der Waals surface area contributed by atoms with E-state index in [-0.39, 0.29) is 6.10 Å². The molecule has 0 radical (unpaired) electrons. The molecule has 25 heavy (non-hydrogen) atoms. The van der Waals surface area contributed by atoms with Gasteiger partial charge in [-0.1, -0.05) is 0 Å². The first kappa shape index (κ1) is 16.8. The lowest BCUT2D eigenvalue weighted by atomic mass is 9.85. The van der Waals surface area contributed by atoms with Gasteiger partial charge in [-0.05, 0) is 44.9 Å². The number of nitrogens with zero attached hydrogens (tertiary/aromatic N) is 5. The van der Waals surface area contributed by atoms with Crippen LogP contribution in [-0.2, 0) is 7.05 Å². The summed E-state index contributed by atoms with van der Waals surface area (Å²) in [7, 11) is 6.19. The lowest BCUT2D eigenvalue weighted by molar-refractivity contribution is 0.105. The van der Waals surface area contributed by atoms with Crippen molar-refractivity contribution in [2.24, 2.45) is 35.5 Å². The molecular formula is C18H30N6O. The molecular weight excluding hydrogens is 316 g/mol. The minimum Gasteiger partial charge on any atom is -0.393 e. The topological polar surface area (TPSA) is 82.9 Å². The highest BCUT2D eigenvalue weighted by molar-refractivity contribution is 6.01. The van der Waals surface area contributed by atoms with Crippen molar-refractivity contribution in [3.05, 3.63) is 5.69 Å². The number of hydrogen-bond acceptors (Lipinski definition) is 6. The maximum absolute atomic E-state index is 10.1. The van der Waals surface area contributed by atoms with E-state index in [9.17, 15) is 5.11 Å². The molecule has 0 aromatic carbocycles. The van der Waals surface area contributed by atoms with Gasteiger partial charge in [0.1, 0.15) is 23.5 Å². The van der Waals surface area contributed by atoms with Crippen molar-refractivity contribution in [1.82, 2.24) is 9.55 Å².